The number of hydrogen-bond acceptors (Lipinski definition) is 3. The van der Waals surface area contributed by atoms with Gasteiger partial charge in [-0.05, 0) is 48.4 Å². The van der Waals surface area contributed by atoms with Gasteiger partial charge in [-0.25, -0.2) is 8.42 Å². The summed E-state index contributed by atoms with van der Waals surface area (Å²) < 4.78 is 27.4. The number of benzene rings is 2. The maximum Gasteiger partial charge on any atom is 0.261 e. The van der Waals surface area contributed by atoms with Gasteiger partial charge in [-0.1, -0.05) is 29.8 Å². The summed E-state index contributed by atoms with van der Waals surface area (Å²) in [7, 11) is -3.63. The van der Waals surface area contributed by atoms with E-state index in [0.29, 0.717) is 17.3 Å². The fourth-order valence-corrected chi connectivity index (χ4v) is 3.74. The molecule has 0 unspecified atom stereocenters. The van der Waals surface area contributed by atoms with Crippen LogP contribution in [0.15, 0.2) is 47.4 Å². The van der Waals surface area contributed by atoms with Crippen molar-refractivity contribution in [2.24, 2.45) is 0 Å². The number of hydrogen-bond donors (Lipinski definition) is 2. The highest BCUT2D eigenvalue weighted by Gasteiger charge is 2.18. The number of halogens is 2. The van der Waals surface area contributed by atoms with Gasteiger partial charge in [0.15, 0.2) is 0 Å². The van der Waals surface area contributed by atoms with Crippen LogP contribution < -0.4 is 10.0 Å². The molecule has 0 aromatic heterocycles. The van der Waals surface area contributed by atoms with Gasteiger partial charge in [-0.2, -0.15) is 0 Å². The molecule has 0 amide bonds. The second-order valence-corrected chi connectivity index (χ2v) is 7.03. The van der Waals surface area contributed by atoms with E-state index in [4.69, 9.17) is 11.6 Å². The second kappa shape index (κ2) is 6.87. The first-order chi connectivity index (χ1) is 10.1. The van der Waals surface area contributed by atoms with Crippen molar-refractivity contribution in [1.82, 2.24) is 5.32 Å². The Labute approximate surface area is 141 Å². The molecule has 7 heteroatoms. The molecule has 0 fully saturated rings. The molecular formula is C15H16Cl2N2O2S. The average molecular weight is 359 g/mol. The molecule has 0 saturated heterocycles. The van der Waals surface area contributed by atoms with Crippen molar-refractivity contribution >= 4 is 39.7 Å². The number of para-hydroxylation sites is 1. The maximum absolute atomic E-state index is 12.4. The van der Waals surface area contributed by atoms with E-state index < -0.39 is 10.0 Å². The predicted molar refractivity (Wildman–Crippen MR) is 91.4 cm³/mol. The fourth-order valence-electron chi connectivity index (χ4n) is 2.37. The molecule has 2 aromatic carbocycles. The van der Waals surface area contributed by atoms with Crippen molar-refractivity contribution in [2.45, 2.75) is 17.9 Å². The predicted octanol–water partition coefficient (Wildman–Crippen LogP) is 3.21. The Balaban J connectivity index is 0.00000176. The Morgan fingerprint density at radius 3 is 2.64 bits per heavy atom. The molecule has 2 aromatic rings. The zero-order chi connectivity index (χ0) is 14.9. The van der Waals surface area contributed by atoms with Gasteiger partial charge in [0, 0.05) is 6.54 Å². The number of fused-ring (bicyclic) bond motifs is 1. The van der Waals surface area contributed by atoms with Crippen LogP contribution >= 0.6 is 24.0 Å². The van der Waals surface area contributed by atoms with Crippen LogP contribution in [0.1, 0.15) is 11.1 Å². The molecule has 0 radical (unpaired) electrons. The smallest absolute Gasteiger partial charge is 0.261 e. The standard InChI is InChI=1S/C15H15ClN2O2S.ClH/c16-14-3-1-2-4-15(14)18-21(19,20)13-6-5-11-7-8-17-10-12(11)9-13;/h1-6,9,17-18H,7-8,10H2;1H. The molecule has 0 atom stereocenters. The van der Waals surface area contributed by atoms with E-state index in [1.54, 1.807) is 36.4 Å². The van der Waals surface area contributed by atoms with Crippen molar-refractivity contribution in [3.05, 3.63) is 58.6 Å². The lowest BCUT2D eigenvalue weighted by Gasteiger charge is -2.18. The van der Waals surface area contributed by atoms with Crippen LogP contribution in [0.3, 0.4) is 0 Å². The summed E-state index contributed by atoms with van der Waals surface area (Å²) in [6.07, 6.45) is 0.924. The molecule has 0 spiro atoms. The van der Waals surface area contributed by atoms with Gasteiger partial charge in [-0.3, -0.25) is 4.72 Å². The van der Waals surface area contributed by atoms with Gasteiger partial charge < -0.3 is 5.32 Å². The van der Waals surface area contributed by atoms with E-state index in [0.717, 1.165) is 18.5 Å². The van der Waals surface area contributed by atoms with E-state index >= 15 is 0 Å². The van der Waals surface area contributed by atoms with Crippen LogP contribution in [-0.4, -0.2) is 15.0 Å². The normalized spacial score (nSPS) is 13.9. The Bertz CT molecular complexity index is 779. The topological polar surface area (TPSA) is 58.2 Å². The Hall–Kier alpha value is -1.27. The molecule has 2 N–H and O–H groups in total. The number of sulfonamides is 1. The molecule has 1 aliphatic heterocycles. The second-order valence-electron chi connectivity index (χ2n) is 4.94. The minimum atomic E-state index is -3.63. The zero-order valence-electron chi connectivity index (χ0n) is 11.7. The molecule has 0 aliphatic carbocycles. The molecule has 1 heterocycles. The van der Waals surface area contributed by atoms with Crippen LogP contribution in [0.4, 0.5) is 5.69 Å². The average Bonchev–Trinajstić information content (AvgIpc) is 2.49. The van der Waals surface area contributed by atoms with E-state index in [9.17, 15) is 8.42 Å². The lowest BCUT2D eigenvalue weighted by molar-refractivity contribution is 0.599. The summed E-state index contributed by atoms with van der Waals surface area (Å²) in [5.74, 6) is 0. The van der Waals surface area contributed by atoms with Gasteiger partial charge in [0.05, 0.1) is 15.6 Å². The van der Waals surface area contributed by atoms with E-state index in [1.807, 2.05) is 6.07 Å². The zero-order valence-corrected chi connectivity index (χ0v) is 14.1. The van der Waals surface area contributed by atoms with E-state index in [1.165, 1.54) is 5.56 Å². The molecule has 3 rings (SSSR count). The van der Waals surface area contributed by atoms with Crippen LogP contribution in [-0.2, 0) is 23.0 Å². The van der Waals surface area contributed by atoms with Crippen molar-refractivity contribution < 1.29 is 8.42 Å². The van der Waals surface area contributed by atoms with Crippen LogP contribution in [0, 0.1) is 0 Å². The Kier molecular flexibility index (Phi) is 5.34. The molecule has 22 heavy (non-hydrogen) atoms. The van der Waals surface area contributed by atoms with E-state index in [2.05, 4.69) is 10.0 Å². The molecular weight excluding hydrogens is 343 g/mol. The minimum absolute atomic E-state index is 0. The third-order valence-electron chi connectivity index (χ3n) is 3.49. The van der Waals surface area contributed by atoms with Gasteiger partial charge in [0.2, 0.25) is 0 Å². The summed E-state index contributed by atoms with van der Waals surface area (Å²) in [6, 6.07) is 12.0. The van der Waals surface area contributed by atoms with Gasteiger partial charge in [-0.15, -0.1) is 12.4 Å². The minimum Gasteiger partial charge on any atom is -0.312 e. The molecule has 0 saturated carbocycles. The summed E-state index contributed by atoms with van der Waals surface area (Å²) in [4.78, 5) is 0.255. The van der Waals surface area contributed by atoms with Crippen LogP contribution in [0.25, 0.3) is 0 Å². The van der Waals surface area contributed by atoms with Crippen LogP contribution in [0.2, 0.25) is 5.02 Å². The molecule has 118 valence electrons. The quantitative estimate of drug-likeness (QED) is 0.885. The van der Waals surface area contributed by atoms with Crippen molar-refractivity contribution in [2.75, 3.05) is 11.3 Å². The fraction of sp³-hybridized carbons (Fsp3) is 0.200. The van der Waals surface area contributed by atoms with Gasteiger partial charge in [0.25, 0.3) is 10.0 Å². The first kappa shape index (κ1) is 17.1. The molecule has 1 aliphatic rings. The van der Waals surface area contributed by atoms with Gasteiger partial charge >= 0.3 is 0 Å². The summed E-state index contributed by atoms with van der Waals surface area (Å²) >= 11 is 6.00. The first-order valence-electron chi connectivity index (χ1n) is 6.66. The lowest BCUT2D eigenvalue weighted by atomic mass is 10.0. The number of rotatable bonds is 3. The van der Waals surface area contributed by atoms with Crippen molar-refractivity contribution in [3.63, 3.8) is 0 Å². The molecule has 4 nitrogen and oxygen atoms in total. The molecule has 0 bridgehead atoms. The van der Waals surface area contributed by atoms with E-state index in [-0.39, 0.29) is 17.3 Å². The lowest BCUT2D eigenvalue weighted by Crippen LogP contribution is -2.24. The highest BCUT2D eigenvalue weighted by atomic mass is 35.5. The third kappa shape index (κ3) is 3.55. The third-order valence-corrected chi connectivity index (χ3v) is 5.19. The largest absolute Gasteiger partial charge is 0.312 e. The summed E-state index contributed by atoms with van der Waals surface area (Å²) in [5.41, 5.74) is 2.61. The summed E-state index contributed by atoms with van der Waals surface area (Å²) in [6.45, 7) is 1.63. The highest BCUT2D eigenvalue weighted by molar-refractivity contribution is 7.92. The van der Waals surface area contributed by atoms with Crippen LogP contribution in [0.5, 0.6) is 0 Å². The number of anilines is 1. The van der Waals surface area contributed by atoms with Crippen molar-refractivity contribution in [1.29, 1.82) is 0 Å². The monoisotopic (exact) mass is 358 g/mol. The highest BCUT2D eigenvalue weighted by Crippen LogP contribution is 2.25. The first-order valence-corrected chi connectivity index (χ1v) is 8.52. The van der Waals surface area contributed by atoms with Gasteiger partial charge in [0.1, 0.15) is 0 Å². The van der Waals surface area contributed by atoms with Crippen molar-refractivity contribution in [3.8, 4) is 0 Å². The SMILES string of the molecule is Cl.O=S(=O)(Nc1ccccc1Cl)c1ccc2c(c1)CNCC2. The number of nitrogens with one attached hydrogen (secondary N) is 2. The maximum atomic E-state index is 12.4. The summed E-state index contributed by atoms with van der Waals surface area (Å²) in [5, 5.41) is 3.62. The Morgan fingerprint density at radius 1 is 1.09 bits per heavy atom. The Morgan fingerprint density at radius 2 is 1.86 bits per heavy atom.